The fourth-order valence-corrected chi connectivity index (χ4v) is 0.952. The molecule has 1 N–H and O–H groups in total. The van der Waals surface area contributed by atoms with Crippen LogP contribution in [0, 0.1) is 22.5 Å². The molecule has 0 heterocycles. The van der Waals surface area contributed by atoms with E-state index in [0.717, 1.165) is 18.2 Å². The van der Waals surface area contributed by atoms with Crippen molar-refractivity contribution in [3.8, 4) is 12.3 Å². The molecule has 0 saturated carbocycles. The number of nitro groups is 1. The molecule has 0 aliphatic carbocycles. The Labute approximate surface area is 79.1 Å². The molecule has 1 aromatic carbocycles. The summed E-state index contributed by atoms with van der Waals surface area (Å²) in [5, 5.41) is 19.0. The van der Waals surface area contributed by atoms with Crippen LogP contribution in [0.5, 0.6) is 0 Å². The maximum atomic E-state index is 10.6. The van der Waals surface area contributed by atoms with Gasteiger partial charge in [0.15, 0.2) is 0 Å². The van der Waals surface area contributed by atoms with Gasteiger partial charge in [-0.25, -0.2) is 4.79 Å². The molecule has 0 aromatic heterocycles. The highest BCUT2D eigenvalue weighted by Crippen LogP contribution is 2.16. The number of nitrogens with zero attached hydrogens (tertiary/aromatic N) is 1. The summed E-state index contributed by atoms with van der Waals surface area (Å²) in [5.41, 5.74) is -0.326. The molecule has 0 aliphatic heterocycles. The molecule has 0 saturated heterocycles. The first kappa shape index (κ1) is 9.74. The lowest BCUT2D eigenvalue weighted by Crippen LogP contribution is -2.00. The Balaban J connectivity index is 3.34. The van der Waals surface area contributed by atoms with Gasteiger partial charge in [-0.1, -0.05) is 5.92 Å². The van der Waals surface area contributed by atoms with E-state index < -0.39 is 10.9 Å². The summed E-state index contributed by atoms with van der Waals surface area (Å²) < 4.78 is 0. The number of carbonyl (C=O) groups is 1. The molecule has 0 bridgehead atoms. The number of non-ortho nitro benzene ring substituents is 1. The first-order chi connectivity index (χ1) is 6.56. The number of aromatic carboxylic acids is 1. The highest BCUT2D eigenvalue weighted by atomic mass is 16.6. The van der Waals surface area contributed by atoms with Gasteiger partial charge >= 0.3 is 5.97 Å². The van der Waals surface area contributed by atoms with E-state index in [4.69, 9.17) is 11.5 Å². The molecule has 0 atom stereocenters. The van der Waals surface area contributed by atoms with Crippen molar-refractivity contribution in [1.82, 2.24) is 0 Å². The summed E-state index contributed by atoms with van der Waals surface area (Å²) in [6.45, 7) is 0. The minimum atomic E-state index is -1.20. The number of nitro benzene ring substituents is 1. The van der Waals surface area contributed by atoms with Gasteiger partial charge in [0.05, 0.1) is 10.5 Å². The number of hydrogen-bond donors (Lipinski definition) is 1. The van der Waals surface area contributed by atoms with E-state index in [0.29, 0.717) is 0 Å². The molecule has 70 valence electrons. The number of hydrogen-bond acceptors (Lipinski definition) is 3. The standard InChI is InChI=1S/C9H5NO4/c1-2-6-5-7(10(13)14)3-4-8(6)9(11)12/h1,3-5H,(H,11,12). The maximum Gasteiger partial charge on any atom is 0.336 e. The van der Waals surface area contributed by atoms with Crippen LogP contribution < -0.4 is 0 Å². The molecular formula is C9H5NO4. The Bertz CT molecular complexity index is 445. The maximum absolute atomic E-state index is 10.6. The van der Waals surface area contributed by atoms with Crippen LogP contribution in [0.1, 0.15) is 15.9 Å². The van der Waals surface area contributed by atoms with Crippen LogP contribution in [-0.2, 0) is 0 Å². The zero-order chi connectivity index (χ0) is 10.7. The highest BCUT2D eigenvalue weighted by molar-refractivity contribution is 5.91. The van der Waals surface area contributed by atoms with Crippen LogP contribution in [0.15, 0.2) is 18.2 Å². The van der Waals surface area contributed by atoms with Gasteiger partial charge in [-0.05, 0) is 6.07 Å². The molecule has 0 spiro atoms. The minimum absolute atomic E-state index is 0.00620. The first-order valence-corrected chi connectivity index (χ1v) is 3.54. The summed E-state index contributed by atoms with van der Waals surface area (Å²) in [5.74, 6) is 0.886. The third-order valence-corrected chi connectivity index (χ3v) is 1.60. The van der Waals surface area contributed by atoms with Crippen molar-refractivity contribution in [2.24, 2.45) is 0 Å². The topological polar surface area (TPSA) is 80.4 Å². The number of benzene rings is 1. The monoisotopic (exact) mass is 191 g/mol. The Kier molecular flexibility index (Phi) is 2.49. The lowest BCUT2D eigenvalue weighted by molar-refractivity contribution is -0.384. The third-order valence-electron chi connectivity index (χ3n) is 1.60. The van der Waals surface area contributed by atoms with Gasteiger partial charge in [0.25, 0.3) is 5.69 Å². The van der Waals surface area contributed by atoms with E-state index >= 15 is 0 Å². The van der Waals surface area contributed by atoms with Crippen LogP contribution in [-0.4, -0.2) is 16.0 Å². The Morgan fingerprint density at radius 3 is 2.64 bits per heavy atom. The second kappa shape index (κ2) is 3.58. The van der Waals surface area contributed by atoms with E-state index in [-0.39, 0.29) is 16.8 Å². The molecule has 0 radical (unpaired) electrons. The number of rotatable bonds is 2. The summed E-state index contributed by atoms with van der Waals surface area (Å²) in [7, 11) is 0. The first-order valence-electron chi connectivity index (χ1n) is 3.54. The molecular weight excluding hydrogens is 186 g/mol. The fraction of sp³-hybridized carbons (Fsp3) is 0. The summed E-state index contributed by atoms with van der Waals surface area (Å²) in [4.78, 5) is 20.3. The number of carboxylic acid groups (broad SMARTS) is 1. The highest BCUT2D eigenvalue weighted by Gasteiger charge is 2.13. The second-order valence-electron chi connectivity index (χ2n) is 2.44. The molecule has 0 unspecified atom stereocenters. The minimum Gasteiger partial charge on any atom is -0.478 e. The van der Waals surface area contributed by atoms with Crippen LogP contribution in [0.4, 0.5) is 5.69 Å². The fourth-order valence-electron chi connectivity index (χ4n) is 0.952. The smallest absolute Gasteiger partial charge is 0.336 e. The van der Waals surface area contributed by atoms with Crippen molar-refractivity contribution >= 4 is 11.7 Å². The van der Waals surface area contributed by atoms with Gasteiger partial charge < -0.3 is 5.11 Å². The van der Waals surface area contributed by atoms with Gasteiger partial charge in [0, 0.05) is 17.7 Å². The zero-order valence-corrected chi connectivity index (χ0v) is 6.93. The molecule has 5 heteroatoms. The predicted octanol–water partition coefficient (Wildman–Crippen LogP) is 1.27. The van der Waals surface area contributed by atoms with Crippen LogP contribution >= 0.6 is 0 Å². The summed E-state index contributed by atoms with van der Waals surface area (Å²) in [6, 6.07) is 3.28. The Hall–Kier alpha value is -2.35. The van der Waals surface area contributed by atoms with Crippen molar-refractivity contribution in [2.75, 3.05) is 0 Å². The molecule has 0 aliphatic rings. The molecule has 1 aromatic rings. The predicted molar refractivity (Wildman–Crippen MR) is 48.0 cm³/mol. The average Bonchev–Trinajstić information content (AvgIpc) is 2.16. The van der Waals surface area contributed by atoms with E-state index in [2.05, 4.69) is 5.92 Å². The Morgan fingerprint density at radius 1 is 1.57 bits per heavy atom. The van der Waals surface area contributed by atoms with Crippen molar-refractivity contribution in [3.05, 3.63) is 39.4 Å². The normalized spacial score (nSPS) is 9.07. The lowest BCUT2D eigenvalue weighted by Gasteiger charge is -1.98. The third kappa shape index (κ3) is 1.69. The van der Waals surface area contributed by atoms with Gasteiger partial charge in [-0.3, -0.25) is 10.1 Å². The quantitative estimate of drug-likeness (QED) is 0.433. The zero-order valence-electron chi connectivity index (χ0n) is 6.93. The van der Waals surface area contributed by atoms with Gasteiger partial charge in [0.1, 0.15) is 0 Å². The van der Waals surface area contributed by atoms with E-state index in [9.17, 15) is 14.9 Å². The van der Waals surface area contributed by atoms with E-state index in [1.807, 2.05) is 0 Å². The lowest BCUT2D eigenvalue weighted by atomic mass is 10.1. The van der Waals surface area contributed by atoms with Crippen molar-refractivity contribution < 1.29 is 14.8 Å². The average molecular weight is 191 g/mol. The molecule has 1 rings (SSSR count). The summed E-state index contributed by atoms with van der Waals surface area (Å²) >= 11 is 0. The van der Waals surface area contributed by atoms with Crippen LogP contribution in [0.3, 0.4) is 0 Å². The molecule has 5 nitrogen and oxygen atoms in total. The van der Waals surface area contributed by atoms with Gasteiger partial charge in [-0.2, -0.15) is 0 Å². The van der Waals surface area contributed by atoms with Crippen LogP contribution in [0.25, 0.3) is 0 Å². The molecule has 14 heavy (non-hydrogen) atoms. The molecule has 0 amide bonds. The van der Waals surface area contributed by atoms with Gasteiger partial charge in [-0.15, -0.1) is 6.42 Å². The SMILES string of the molecule is C#Cc1cc([N+](=O)[O-])ccc1C(=O)O. The van der Waals surface area contributed by atoms with Crippen molar-refractivity contribution in [3.63, 3.8) is 0 Å². The van der Waals surface area contributed by atoms with E-state index in [1.54, 1.807) is 0 Å². The molecule has 0 fully saturated rings. The second-order valence-corrected chi connectivity index (χ2v) is 2.44. The number of carboxylic acids is 1. The van der Waals surface area contributed by atoms with Crippen LogP contribution in [0.2, 0.25) is 0 Å². The number of terminal acetylenes is 1. The van der Waals surface area contributed by atoms with Crippen molar-refractivity contribution in [1.29, 1.82) is 0 Å². The largest absolute Gasteiger partial charge is 0.478 e. The van der Waals surface area contributed by atoms with Crippen molar-refractivity contribution in [2.45, 2.75) is 0 Å². The summed E-state index contributed by atoms with van der Waals surface area (Å²) in [6.07, 6.45) is 5.02. The van der Waals surface area contributed by atoms with Gasteiger partial charge in [0.2, 0.25) is 0 Å². The van der Waals surface area contributed by atoms with E-state index in [1.165, 1.54) is 0 Å². The Morgan fingerprint density at radius 2 is 2.21 bits per heavy atom.